The number of aromatic nitrogens is 2. The lowest BCUT2D eigenvalue weighted by atomic mass is 9.92. The third-order valence-corrected chi connectivity index (χ3v) is 5.65. The molecule has 0 unspecified atom stereocenters. The average Bonchev–Trinajstić information content (AvgIpc) is 2.90. The zero-order valence-electron chi connectivity index (χ0n) is 14.5. The predicted octanol–water partition coefficient (Wildman–Crippen LogP) is 0.819. The van der Waals surface area contributed by atoms with E-state index in [4.69, 9.17) is 9.47 Å². The second kappa shape index (κ2) is 7.76. The van der Waals surface area contributed by atoms with Gasteiger partial charge in [-0.25, -0.2) is 4.98 Å². The van der Waals surface area contributed by atoms with Crippen molar-refractivity contribution in [2.75, 3.05) is 46.0 Å². The minimum atomic E-state index is -0.0410. The summed E-state index contributed by atoms with van der Waals surface area (Å²) in [6, 6.07) is 0.621. The Kier molecular flexibility index (Phi) is 5.24. The van der Waals surface area contributed by atoms with E-state index in [0.717, 1.165) is 58.7 Å². The Morgan fingerprint density at radius 1 is 1.08 bits per heavy atom. The molecule has 1 aromatic heterocycles. The molecule has 4 heterocycles. The minimum Gasteiger partial charge on any atom is -0.381 e. The van der Waals surface area contributed by atoms with Gasteiger partial charge in [-0.1, -0.05) is 0 Å². The maximum Gasteiger partial charge on any atom is 0.274 e. The number of nitrogens with zero attached hydrogens (tertiary/aromatic N) is 4. The minimum absolute atomic E-state index is 0.0410. The lowest BCUT2D eigenvalue weighted by molar-refractivity contribution is -0.0175. The molecule has 0 aromatic carbocycles. The Hall–Kier alpha value is -1.57. The molecule has 4 rings (SSSR count). The SMILES string of the molecule is O=C(c1cnccn1)N1CC[C@H]2CN(C3CCOCC3)CCO[C@H]2C1. The molecule has 0 radical (unpaired) electrons. The van der Waals surface area contributed by atoms with Gasteiger partial charge in [0.25, 0.3) is 5.91 Å². The van der Waals surface area contributed by atoms with Crippen molar-refractivity contribution in [2.45, 2.75) is 31.4 Å². The topological polar surface area (TPSA) is 67.8 Å². The molecule has 25 heavy (non-hydrogen) atoms. The molecular weight excluding hydrogens is 320 g/mol. The van der Waals surface area contributed by atoms with Gasteiger partial charge in [-0.05, 0) is 19.3 Å². The van der Waals surface area contributed by atoms with Crippen LogP contribution in [-0.4, -0.2) is 83.8 Å². The first-order valence-corrected chi connectivity index (χ1v) is 9.30. The number of piperidine rings is 1. The van der Waals surface area contributed by atoms with E-state index in [-0.39, 0.29) is 12.0 Å². The lowest BCUT2D eigenvalue weighted by Crippen LogP contribution is -2.50. The fourth-order valence-electron chi connectivity index (χ4n) is 4.21. The molecule has 3 fully saturated rings. The molecule has 2 atom stereocenters. The number of amides is 1. The molecule has 0 bridgehead atoms. The van der Waals surface area contributed by atoms with Crippen LogP contribution in [-0.2, 0) is 9.47 Å². The van der Waals surface area contributed by atoms with Crippen molar-refractivity contribution in [1.29, 1.82) is 0 Å². The largest absolute Gasteiger partial charge is 0.381 e. The van der Waals surface area contributed by atoms with Crippen LogP contribution in [0.25, 0.3) is 0 Å². The van der Waals surface area contributed by atoms with E-state index in [1.165, 1.54) is 6.20 Å². The lowest BCUT2D eigenvalue weighted by Gasteiger charge is -2.39. The summed E-state index contributed by atoms with van der Waals surface area (Å²) in [5.41, 5.74) is 0.415. The second-order valence-electron chi connectivity index (χ2n) is 7.14. The van der Waals surface area contributed by atoms with Crippen LogP contribution in [0.2, 0.25) is 0 Å². The monoisotopic (exact) mass is 346 g/mol. The van der Waals surface area contributed by atoms with Crippen LogP contribution in [0, 0.1) is 5.92 Å². The highest BCUT2D eigenvalue weighted by Gasteiger charge is 2.37. The van der Waals surface area contributed by atoms with Gasteiger partial charge in [-0.3, -0.25) is 14.7 Å². The van der Waals surface area contributed by atoms with Crippen LogP contribution >= 0.6 is 0 Å². The van der Waals surface area contributed by atoms with Gasteiger partial charge in [0.2, 0.25) is 0 Å². The fraction of sp³-hybridized carbons (Fsp3) is 0.722. The number of hydrogen-bond donors (Lipinski definition) is 0. The van der Waals surface area contributed by atoms with Gasteiger partial charge < -0.3 is 14.4 Å². The van der Waals surface area contributed by atoms with E-state index in [2.05, 4.69) is 14.9 Å². The molecule has 0 saturated carbocycles. The third kappa shape index (κ3) is 3.83. The van der Waals surface area contributed by atoms with E-state index >= 15 is 0 Å². The van der Waals surface area contributed by atoms with Crippen LogP contribution in [0.5, 0.6) is 0 Å². The summed E-state index contributed by atoms with van der Waals surface area (Å²) in [6.45, 7) is 5.96. The van der Waals surface area contributed by atoms with Crippen LogP contribution in [0.15, 0.2) is 18.6 Å². The molecule has 3 aliphatic rings. The molecule has 7 heteroatoms. The van der Waals surface area contributed by atoms with Crippen LogP contribution < -0.4 is 0 Å². The van der Waals surface area contributed by atoms with Gasteiger partial charge in [0.05, 0.1) is 18.9 Å². The molecule has 0 aliphatic carbocycles. The quantitative estimate of drug-likeness (QED) is 0.790. The Bertz CT molecular complexity index is 579. The fourth-order valence-corrected chi connectivity index (χ4v) is 4.21. The number of carbonyl (C=O) groups is 1. The molecule has 1 aromatic rings. The molecular formula is C18H26N4O3. The van der Waals surface area contributed by atoms with Crippen molar-refractivity contribution >= 4 is 5.91 Å². The number of ether oxygens (including phenoxy) is 2. The first kappa shape index (κ1) is 16.9. The molecule has 0 spiro atoms. The Morgan fingerprint density at radius 3 is 2.76 bits per heavy atom. The number of fused-ring (bicyclic) bond motifs is 1. The Balaban J connectivity index is 1.38. The molecule has 1 amide bonds. The van der Waals surface area contributed by atoms with E-state index in [9.17, 15) is 4.79 Å². The number of rotatable bonds is 2. The van der Waals surface area contributed by atoms with E-state index in [0.29, 0.717) is 24.2 Å². The third-order valence-electron chi connectivity index (χ3n) is 5.65. The van der Waals surface area contributed by atoms with Crippen molar-refractivity contribution in [3.05, 3.63) is 24.3 Å². The molecule has 0 N–H and O–H groups in total. The summed E-state index contributed by atoms with van der Waals surface area (Å²) >= 11 is 0. The van der Waals surface area contributed by atoms with Crippen molar-refractivity contribution in [1.82, 2.24) is 19.8 Å². The van der Waals surface area contributed by atoms with Gasteiger partial charge in [0.15, 0.2) is 0 Å². The Labute approximate surface area is 148 Å². The maximum atomic E-state index is 12.6. The standard InChI is InChI=1S/C18H26N4O3/c23-18(16-11-19-4-5-20-16)22-6-1-14-12-21(7-10-25-17(14)13-22)15-2-8-24-9-3-15/h4-5,11,14-15,17H,1-3,6-10,12-13H2/t14-,17-/m0/s1. The number of hydrogen-bond acceptors (Lipinski definition) is 6. The summed E-state index contributed by atoms with van der Waals surface area (Å²) in [4.78, 5) is 25.2. The van der Waals surface area contributed by atoms with E-state index in [1.807, 2.05) is 4.90 Å². The summed E-state index contributed by atoms with van der Waals surface area (Å²) < 4.78 is 11.6. The van der Waals surface area contributed by atoms with Crippen molar-refractivity contribution in [3.63, 3.8) is 0 Å². The van der Waals surface area contributed by atoms with E-state index < -0.39 is 0 Å². The van der Waals surface area contributed by atoms with Crippen LogP contribution in [0.1, 0.15) is 29.8 Å². The molecule has 7 nitrogen and oxygen atoms in total. The van der Waals surface area contributed by atoms with Crippen LogP contribution in [0.3, 0.4) is 0 Å². The number of likely N-dealkylation sites (tertiary alicyclic amines) is 1. The summed E-state index contributed by atoms with van der Waals surface area (Å²) in [6.07, 6.45) is 8.03. The highest BCUT2D eigenvalue weighted by molar-refractivity contribution is 5.92. The molecule has 3 saturated heterocycles. The highest BCUT2D eigenvalue weighted by Crippen LogP contribution is 2.27. The second-order valence-corrected chi connectivity index (χ2v) is 7.14. The summed E-state index contributed by atoms with van der Waals surface area (Å²) in [7, 11) is 0. The zero-order chi connectivity index (χ0) is 17.1. The van der Waals surface area contributed by atoms with Crippen molar-refractivity contribution in [3.8, 4) is 0 Å². The summed E-state index contributed by atoms with van der Waals surface area (Å²) in [5.74, 6) is 0.455. The maximum absolute atomic E-state index is 12.6. The van der Waals surface area contributed by atoms with Gasteiger partial charge in [0, 0.05) is 63.7 Å². The van der Waals surface area contributed by atoms with Gasteiger partial charge >= 0.3 is 0 Å². The normalized spacial score (nSPS) is 29.0. The van der Waals surface area contributed by atoms with Gasteiger partial charge in [0.1, 0.15) is 5.69 Å². The first-order chi connectivity index (χ1) is 12.3. The zero-order valence-corrected chi connectivity index (χ0v) is 14.5. The first-order valence-electron chi connectivity index (χ1n) is 9.30. The van der Waals surface area contributed by atoms with Crippen LogP contribution in [0.4, 0.5) is 0 Å². The van der Waals surface area contributed by atoms with Gasteiger partial charge in [-0.2, -0.15) is 0 Å². The van der Waals surface area contributed by atoms with Crippen molar-refractivity contribution < 1.29 is 14.3 Å². The van der Waals surface area contributed by atoms with Gasteiger partial charge in [-0.15, -0.1) is 0 Å². The smallest absolute Gasteiger partial charge is 0.274 e. The molecule has 136 valence electrons. The van der Waals surface area contributed by atoms with Crippen molar-refractivity contribution in [2.24, 2.45) is 5.92 Å². The Morgan fingerprint density at radius 2 is 1.96 bits per heavy atom. The summed E-state index contributed by atoms with van der Waals surface area (Å²) in [5, 5.41) is 0. The molecule has 3 aliphatic heterocycles. The number of carbonyl (C=O) groups excluding carboxylic acids is 1. The average molecular weight is 346 g/mol. The van der Waals surface area contributed by atoms with E-state index in [1.54, 1.807) is 12.4 Å². The predicted molar refractivity (Wildman–Crippen MR) is 91.2 cm³/mol. The highest BCUT2D eigenvalue weighted by atomic mass is 16.5.